The first-order chi connectivity index (χ1) is 38.0. The summed E-state index contributed by atoms with van der Waals surface area (Å²) in [7, 11) is 1.24. The number of rotatable bonds is 12. The molecular formula is C62H63N5O11. The molecule has 1 spiro atoms. The maximum absolute atomic E-state index is 17.0. The molecule has 1 aliphatic carbocycles. The molecule has 0 radical (unpaired) electrons. The first kappa shape index (κ1) is 52.1. The van der Waals surface area contributed by atoms with E-state index in [-0.39, 0.29) is 38.8 Å². The van der Waals surface area contributed by atoms with E-state index >= 15 is 19.2 Å². The fourth-order valence-electron chi connectivity index (χ4n) is 12.4. The average Bonchev–Trinajstić information content (AvgIpc) is 2.92. The standard InChI is InChI=1S/C62H63N5O11/c1-39(2)52(58(70)74-3)63-61(73)66-48-27-21-41(20-19-40-13-7-4-8-14-40)35-47(48)62(60(66)72)51(57(69)65-31-29-64(30-32-65)37-42-22-28-49-50(36-42)77-38-76-49)54-59(71)78-55(44-17-11-6-12-18-44)53(43-15-9-5-10-16-43)67(54)56(62)45-23-25-46(26-24-45)75-34-33-68/h5-6,9-13,15-18,21-28,35-36,39,51-56,68H,4,7-8,14,29-34,37-38H2,1-3H3,(H,63,73)/t51-,52+,53-,54-,55+,56+,62-/m1/s1. The Bertz CT molecular complexity index is 3190. The lowest BCUT2D eigenvalue weighted by Gasteiger charge is -2.46. The Labute approximate surface area is 453 Å². The van der Waals surface area contributed by atoms with Crippen LogP contribution in [0.1, 0.15) is 91.1 Å². The van der Waals surface area contributed by atoms with Gasteiger partial charge < -0.3 is 39.0 Å². The normalized spacial score (nSPS) is 23.9. The number of morpholine rings is 1. The summed E-state index contributed by atoms with van der Waals surface area (Å²) in [6.45, 7) is 5.53. The molecule has 5 heterocycles. The van der Waals surface area contributed by atoms with Gasteiger partial charge in [0.1, 0.15) is 36.0 Å². The summed E-state index contributed by atoms with van der Waals surface area (Å²) in [5.74, 6) is 3.98. The number of carbonyl (C=O) groups excluding carboxylic acids is 5. The van der Waals surface area contributed by atoms with Gasteiger partial charge in [0.05, 0.1) is 37.4 Å². The maximum atomic E-state index is 17.0. The number of ether oxygens (including phenoxy) is 5. The van der Waals surface area contributed by atoms with E-state index in [2.05, 4.69) is 28.1 Å². The molecule has 5 aromatic rings. The zero-order chi connectivity index (χ0) is 54.1. The largest absolute Gasteiger partial charge is 0.491 e. The SMILES string of the molecule is COC(=O)[C@@H](NC(=O)N1C(=O)[C@@]2(c3cc(C#CC4=CCCCC4)ccc31)[C@H](c1ccc(OCCO)cc1)N1[C@H](c3ccccc3)[C@H](c3ccccc3)OC(=O)[C@H]1[C@@H]2C(=O)N1CCN(Cc2ccc3c(c2)OCO3)CC1)C(C)C. The number of allylic oxidation sites excluding steroid dienone is 2. The van der Waals surface area contributed by atoms with Crippen LogP contribution < -0.4 is 24.4 Å². The number of carbonyl (C=O) groups is 5. The van der Waals surface area contributed by atoms with Crippen LogP contribution in [-0.2, 0) is 40.6 Å². The van der Waals surface area contributed by atoms with Crippen molar-refractivity contribution >= 4 is 35.5 Å². The van der Waals surface area contributed by atoms with Gasteiger partial charge in [0.25, 0.3) is 0 Å². The number of esters is 2. The number of benzene rings is 5. The second-order valence-electron chi connectivity index (χ2n) is 21.0. The highest BCUT2D eigenvalue weighted by atomic mass is 16.7. The number of fused-ring (bicyclic) bond motifs is 4. The van der Waals surface area contributed by atoms with Gasteiger partial charge in [0, 0.05) is 38.3 Å². The molecule has 0 unspecified atom stereocenters. The summed E-state index contributed by atoms with van der Waals surface area (Å²) in [6, 6.07) is 31.9. The molecular weight excluding hydrogens is 991 g/mol. The maximum Gasteiger partial charge on any atom is 0.329 e. The number of urea groups is 1. The van der Waals surface area contributed by atoms with Crippen molar-refractivity contribution in [3.05, 3.63) is 166 Å². The third-order valence-corrected chi connectivity index (χ3v) is 16.1. The van der Waals surface area contributed by atoms with E-state index in [1.54, 1.807) is 43.0 Å². The minimum Gasteiger partial charge on any atom is -0.491 e. The second-order valence-corrected chi connectivity index (χ2v) is 21.0. The number of amides is 4. The molecule has 5 aromatic carbocycles. The van der Waals surface area contributed by atoms with Crippen molar-refractivity contribution in [2.45, 2.75) is 81.8 Å². The van der Waals surface area contributed by atoms with E-state index in [1.807, 2.05) is 102 Å². The number of nitrogens with zero attached hydrogens (tertiary/aromatic N) is 4. The summed E-state index contributed by atoms with van der Waals surface area (Å²) in [5, 5.41) is 12.6. The number of aliphatic hydroxyl groups is 1. The van der Waals surface area contributed by atoms with E-state index in [1.165, 1.54) is 7.11 Å². The molecule has 402 valence electrons. The molecule has 3 saturated heterocycles. The van der Waals surface area contributed by atoms with Crippen LogP contribution in [0.3, 0.4) is 0 Å². The Morgan fingerprint density at radius 3 is 2.23 bits per heavy atom. The van der Waals surface area contributed by atoms with Crippen molar-refractivity contribution in [1.29, 1.82) is 0 Å². The molecule has 2 N–H and O–H groups in total. The smallest absolute Gasteiger partial charge is 0.329 e. The first-order valence-corrected chi connectivity index (χ1v) is 26.9. The molecule has 4 amide bonds. The Morgan fingerprint density at radius 1 is 0.808 bits per heavy atom. The molecule has 16 nitrogen and oxygen atoms in total. The Hall–Kier alpha value is -7.97. The van der Waals surface area contributed by atoms with E-state index in [0.717, 1.165) is 47.3 Å². The number of cyclic esters (lactones) is 1. The third-order valence-electron chi connectivity index (χ3n) is 16.1. The topological polar surface area (TPSA) is 177 Å². The lowest BCUT2D eigenvalue weighted by atomic mass is 9.64. The highest BCUT2D eigenvalue weighted by Gasteiger charge is 2.76. The molecule has 7 atom stereocenters. The van der Waals surface area contributed by atoms with Gasteiger partial charge in [-0.15, -0.1) is 0 Å². The molecule has 3 fully saturated rings. The fraction of sp³-hybridized carbons (Fsp3) is 0.371. The van der Waals surface area contributed by atoms with Gasteiger partial charge in [-0.1, -0.05) is 111 Å². The van der Waals surface area contributed by atoms with Crippen molar-refractivity contribution in [1.82, 2.24) is 20.0 Å². The summed E-state index contributed by atoms with van der Waals surface area (Å²) in [4.78, 5) is 85.0. The quantitative estimate of drug-likeness (QED) is 0.0926. The molecule has 0 aromatic heterocycles. The number of nitrogens with one attached hydrogen (secondary N) is 1. The Kier molecular flexibility index (Phi) is 14.8. The van der Waals surface area contributed by atoms with Crippen LogP contribution in [0.2, 0.25) is 0 Å². The van der Waals surface area contributed by atoms with Crippen LogP contribution >= 0.6 is 0 Å². The number of hydrogen-bond donors (Lipinski definition) is 2. The summed E-state index contributed by atoms with van der Waals surface area (Å²) < 4.78 is 29.0. The number of aliphatic hydroxyl groups excluding tert-OH is 1. The van der Waals surface area contributed by atoms with E-state index in [9.17, 15) is 9.90 Å². The van der Waals surface area contributed by atoms with Crippen LogP contribution in [0.5, 0.6) is 17.2 Å². The van der Waals surface area contributed by atoms with E-state index < -0.39 is 77.3 Å². The summed E-state index contributed by atoms with van der Waals surface area (Å²) >= 11 is 0. The number of hydrogen-bond acceptors (Lipinski definition) is 13. The van der Waals surface area contributed by atoms with Gasteiger partial charge in [0.15, 0.2) is 11.5 Å². The number of imide groups is 1. The van der Waals surface area contributed by atoms with Crippen LogP contribution in [0.15, 0.2) is 133 Å². The lowest BCUT2D eigenvalue weighted by Crippen LogP contribution is -2.59. The van der Waals surface area contributed by atoms with Crippen LogP contribution in [0.4, 0.5) is 10.5 Å². The van der Waals surface area contributed by atoms with E-state index in [0.29, 0.717) is 59.1 Å². The molecule has 6 aliphatic rings. The van der Waals surface area contributed by atoms with Crippen LogP contribution in [-0.4, -0.2) is 115 Å². The first-order valence-electron chi connectivity index (χ1n) is 26.9. The molecule has 16 heteroatoms. The molecule has 0 bridgehead atoms. The minimum atomic E-state index is -2.05. The van der Waals surface area contributed by atoms with Crippen molar-refractivity contribution in [2.24, 2.45) is 11.8 Å². The molecule has 5 aliphatic heterocycles. The van der Waals surface area contributed by atoms with Gasteiger partial charge >= 0.3 is 18.0 Å². The van der Waals surface area contributed by atoms with E-state index in [4.69, 9.17) is 23.7 Å². The highest BCUT2D eigenvalue weighted by molar-refractivity contribution is 6.25. The fourth-order valence-corrected chi connectivity index (χ4v) is 12.4. The van der Waals surface area contributed by atoms with Crippen LogP contribution in [0.25, 0.3) is 0 Å². The minimum absolute atomic E-state index is 0.0295. The van der Waals surface area contributed by atoms with Crippen molar-refractivity contribution in [2.75, 3.05) is 58.2 Å². The van der Waals surface area contributed by atoms with Crippen molar-refractivity contribution in [3.8, 4) is 29.1 Å². The zero-order valence-electron chi connectivity index (χ0n) is 44.0. The van der Waals surface area contributed by atoms with Crippen LogP contribution in [0, 0.1) is 23.7 Å². The number of piperazine rings is 1. The summed E-state index contributed by atoms with van der Waals surface area (Å²) in [5.41, 5.74) is 3.00. The Morgan fingerprint density at radius 2 is 1.54 bits per heavy atom. The Balaban J connectivity index is 1.13. The highest BCUT2D eigenvalue weighted by Crippen LogP contribution is 2.66. The van der Waals surface area contributed by atoms with Gasteiger partial charge in [-0.25, -0.2) is 14.5 Å². The third kappa shape index (κ3) is 9.54. The van der Waals surface area contributed by atoms with Gasteiger partial charge in [-0.2, -0.15) is 0 Å². The average molecular weight is 1050 g/mol. The van der Waals surface area contributed by atoms with Crippen molar-refractivity contribution in [3.63, 3.8) is 0 Å². The van der Waals surface area contributed by atoms with Gasteiger partial charge in [0.2, 0.25) is 18.6 Å². The summed E-state index contributed by atoms with van der Waals surface area (Å²) in [6.07, 6.45) is 5.05. The monoisotopic (exact) mass is 1050 g/mol. The molecule has 11 rings (SSSR count). The molecule has 0 saturated carbocycles. The van der Waals surface area contributed by atoms with Crippen molar-refractivity contribution < 1.29 is 52.8 Å². The number of anilines is 1. The predicted molar refractivity (Wildman–Crippen MR) is 288 cm³/mol. The molecule has 78 heavy (non-hydrogen) atoms. The predicted octanol–water partition coefficient (Wildman–Crippen LogP) is 7.56. The second kappa shape index (κ2) is 22.2. The zero-order valence-corrected chi connectivity index (χ0v) is 44.0. The van der Waals surface area contributed by atoms with Gasteiger partial charge in [-0.3, -0.25) is 24.2 Å². The number of methoxy groups -OCH3 is 1. The lowest BCUT2D eigenvalue weighted by molar-refractivity contribution is -0.179. The van der Waals surface area contributed by atoms with Gasteiger partial charge in [-0.05, 0) is 107 Å².